The van der Waals surface area contributed by atoms with E-state index >= 15 is 0 Å². The van der Waals surface area contributed by atoms with Crippen LogP contribution in [0.25, 0.3) is 0 Å². The Hall–Kier alpha value is 0.0949. The quantitative estimate of drug-likeness (QED) is 0.503. The molecule has 0 amide bonds. The molecule has 0 spiro atoms. The van der Waals surface area contributed by atoms with Gasteiger partial charge >= 0.3 is 0 Å². The first kappa shape index (κ1) is 15.2. The van der Waals surface area contributed by atoms with Gasteiger partial charge in [0.2, 0.25) is 0 Å². The van der Waals surface area contributed by atoms with Crippen molar-refractivity contribution in [3.05, 3.63) is 0 Å². The van der Waals surface area contributed by atoms with Crippen LogP contribution < -0.4 is 4.89 Å². The van der Waals surface area contributed by atoms with Gasteiger partial charge in [-0.25, -0.2) is 0 Å². The average molecular weight is 263 g/mol. The van der Waals surface area contributed by atoms with E-state index in [4.69, 9.17) is 17.3 Å². The molecule has 0 N–H and O–H groups in total. The largest absolute Gasteiger partial charge is 0.756 e. The normalized spacial score (nSPS) is 32.9. The maximum Gasteiger partial charge on any atom is 0.267 e. The molecule has 0 bridgehead atoms. The van der Waals surface area contributed by atoms with E-state index in [-0.39, 0.29) is 18.8 Å². The lowest BCUT2D eigenvalue weighted by atomic mass is 9.96. The van der Waals surface area contributed by atoms with Crippen LogP contribution in [0.15, 0.2) is 0 Å². The fourth-order valence-electron chi connectivity index (χ4n) is 1.61. The van der Waals surface area contributed by atoms with Crippen LogP contribution in [0.1, 0.15) is 20.3 Å². The molecular weight excluding hydrogens is 246 g/mol. The number of phosphoric acid groups is 1. The van der Waals surface area contributed by atoms with Crippen molar-refractivity contribution in [3.8, 4) is 0 Å². The van der Waals surface area contributed by atoms with Crippen LogP contribution in [-0.4, -0.2) is 45.9 Å². The van der Waals surface area contributed by atoms with E-state index in [1.165, 1.54) is 0 Å². The minimum atomic E-state index is -4.23. The van der Waals surface area contributed by atoms with Gasteiger partial charge in [-0.1, -0.05) is 0 Å². The Bertz CT molecular complexity index is 287. The number of ether oxygens (including phenoxy) is 2. The Balaban J connectivity index is 2.47. The highest BCUT2D eigenvalue weighted by atomic mass is 31.2. The van der Waals surface area contributed by atoms with E-state index in [2.05, 4.69) is 9.05 Å². The summed E-state index contributed by atoms with van der Waals surface area (Å²) in [5.41, 5.74) is 0. The highest BCUT2D eigenvalue weighted by Crippen LogP contribution is 2.38. The van der Waals surface area contributed by atoms with Crippen LogP contribution in [0.5, 0.6) is 0 Å². The molecule has 0 saturated carbocycles. The second-order valence-corrected chi connectivity index (χ2v) is 5.62. The van der Waals surface area contributed by atoms with Crippen LogP contribution in [0.2, 0.25) is 0 Å². The molecule has 0 aromatic heterocycles. The molecule has 0 aromatic rings. The van der Waals surface area contributed by atoms with Crippen molar-refractivity contribution in [1.82, 2.24) is 0 Å². The zero-order valence-electron chi connectivity index (χ0n) is 10.2. The van der Waals surface area contributed by atoms with Gasteiger partial charge in [0.15, 0.2) is 0 Å². The van der Waals surface area contributed by atoms with E-state index in [0.717, 1.165) is 7.11 Å². The van der Waals surface area contributed by atoms with Gasteiger partial charge in [-0.2, -0.15) is 0 Å². The molecule has 1 aliphatic heterocycles. The molecule has 2 radical (unpaired) electrons. The minimum Gasteiger partial charge on any atom is -0.756 e. The van der Waals surface area contributed by atoms with E-state index in [1.807, 2.05) is 13.8 Å². The number of rotatable bonds is 6. The van der Waals surface area contributed by atoms with Gasteiger partial charge < -0.3 is 23.4 Å². The second-order valence-electron chi connectivity index (χ2n) is 4.10. The fourth-order valence-corrected chi connectivity index (χ4v) is 2.04. The summed E-state index contributed by atoms with van der Waals surface area (Å²) in [5, 5.41) is 0. The number of hydrogen-bond acceptors (Lipinski definition) is 6. The first-order valence-electron chi connectivity index (χ1n) is 5.42. The molecule has 0 aromatic carbocycles. The second kappa shape index (κ2) is 6.32. The molecule has 17 heavy (non-hydrogen) atoms. The highest BCUT2D eigenvalue weighted by Gasteiger charge is 2.34. The molecule has 0 aliphatic carbocycles. The van der Waals surface area contributed by atoms with Crippen molar-refractivity contribution in [1.29, 1.82) is 0 Å². The predicted molar refractivity (Wildman–Crippen MR) is 59.6 cm³/mol. The SMILES string of the molecule is [B]C1CC(OC(C)C)C(COP(=O)([O-])OC)O1. The van der Waals surface area contributed by atoms with Crippen molar-refractivity contribution in [3.63, 3.8) is 0 Å². The summed E-state index contributed by atoms with van der Waals surface area (Å²) in [4.78, 5) is 11.0. The van der Waals surface area contributed by atoms with Gasteiger partial charge in [0.05, 0.1) is 18.8 Å². The minimum absolute atomic E-state index is 0.0119. The van der Waals surface area contributed by atoms with E-state index in [9.17, 15) is 9.46 Å². The third-order valence-corrected chi connectivity index (χ3v) is 3.21. The van der Waals surface area contributed by atoms with Gasteiger partial charge in [-0.15, -0.1) is 0 Å². The fraction of sp³-hybridized carbons (Fsp3) is 1.00. The topological polar surface area (TPSA) is 77.1 Å². The van der Waals surface area contributed by atoms with Crippen molar-refractivity contribution >= 4 is 15.7 Å². The van der Waals surface area contributed by atoms with Crippen LogP contribution >= 0.6 is 7.82 Å². The molecule has 6 nitrogen and oxygen atoms in total. The van der Waals surface area contributed by atoms with Crippen LogP contribution in [0.4, 0.5) is 0 Å². The molecule has 4 unspecified atom stereocenters. The zero-order chi connectivity index (χ0) is 13.1. The van der Waals surface area contributed by atoms with Crippen molar-refractivity contribution < 1.29 is 28.0 Å². The van der Waals surface area contributed by atoms with Crippen molar-refractivity contribution in [2.24, 2.45) is 0 Å². The Labute approximate surface area is 103 Å². The van der Waals surface area contributed by atoms with Gasteiger partial charge in [-0.3, -0.25) is 4.57 Å². The third kappa shape index (κ3) is 5.08. The summed E-state index contributed by atoms with van der Waals surface area (Å²) < 4.78 is 30.8. The lowest BCUT2D eigenvalue weighted by Gasteiger charge is -2.25. The Kier molecular flexibility index (Phi) is 5.63. The maximum atomic E-state index is 11.0. The van der Waals surface area contributed by atoms with E-state index in [1.54, 1.807) is 0 Å². The summed E-state index contributed by atoms with van der Waals surface area (Å²) in [5.74, 6) is 0. The van der Waals surface area contributed by atoms with Gasteiger partial charge in [0.25, 0.3) is 7.82 Å². The third-order valence-electron chi connectivity index (χ3n) is 2.30. The van der Waals surface area contributed by atoms with Crippen LogP contribution in [0.3, 0.4) is 0 Å². The Morgan fingerprint density at radius 1 is 1.59 bits per heavy atom. The highest BCUT2D eigenvalue weighted by molar-refractivity contribution is 7.45. The number of hydrogen-bond donors (Lipinski definition) is 0. The molecule has 8 heteroatoms. The Morgan fingerprint density at radius 2 is 2.24 bits per heavy atom. The van der Waals surface area contributed by atoms with Crippen molar-refractivity contribution in [2.45, 2.75) is 44.6 Å². The maximum absolute atomic E-state index is 11.0. The molecule has 1 heterocycles. The van der Waals surface area contributed by atoms with Crippen molar-refractivity contribution in [2.75, 3.05) is 13.7 Å². The van der Waals surface area contributed by atoms with E-state index < -0.39 is 19.9 Å². The lowest BCUT2D eigenvalue weighted by Crippen LogP contribution is -2.31. The summed E-state index contributed by atoms with van der Waals surface area (Å²) in [6, 6.07) is -0.457. The summed E-state index contributed by atoms with van der Waals surface area (Å²) >= 11 is 0. The molecule has 4 atom stereocenters. The first-order chi connectivity index (χ1) is 7.84. The summed E-state index contributed by atoms with van der Waals surface area (Å²) in [6.07, 6.45) is -0.230. The predicted octanol–water partition coefficient (Wildman–Crippen LogP) is 0.195. The van der Waals surface area contributed by atoms with Crippen LogP contribution in [0, 0.1) is 0 Å². The standard InChI is InChI=1S/C9H18BO6P/c1-6(2)15-7-4-9(10)16-8(7)5-14-17(11,12)13-3/h6-9H,4-5H2,1-3H3,(H,11,12)/p-1. The zero-order valence-corrected chi connectivity index (χ0v) is 11.1. The molecule has 98 valence electrons. The molecule has 1 fully saturated rings. The van der Waals surface area contributed by atoms with Gasteiger partial charge in [0, 0.05) is 13.1 Å². The van der Waals surface area contributed by atoms with E-state index in [0.29, 0.717) is 6.42 Å². The molecule has 1 saturated heterocycles. The molecule has 1 rings (SSSR count). The molecule has 1 aliphatic rings. The average Bonchev–Trinajstić information content (AvgIpc) is 2.55. The first-order valence-corrected chi connectivity index (χ1v) is 6.88. The molecular formula is C9H17BO6P-. The summed E-state index contributed by atoms with van der Waals surface area (Å²) in [7, 11) is 2.43. The van der Waals surface area contributed by atoms with Crippen LogP contribution in [-0.2, 0) is 23.1 Å². The summed E-state index contributed by atoms with van der Waals surface area (Å²) in [6.45, 7) is 3.62. The smallest absolute Gasteiger partial charge is 0.267 e. The monoisotopic (exact) mass is 263 g/mol. The number of phosphoric ester groups is 1. The van der Waals surface area contributed by atoms with Gasteiger partial charge in [-0.05, 0) is 20.3 Å². The lowest BCUT2D eigenvalue weighted by molar-refractivity contribution is -0.225. The van der Waals surface area contributed by atoms with Gasteiger partial charge in [0.1, 0.15) is 14.0 Å². The Morgan fingerprint density at radius 3 is 2.76 bits per heavy atom.